The Morgan fingerprint density at radius 3 is 2.70 bits per heavy atom. The highest BCUT2D eigenvalue weighted by Gasteiger charge is 2.51. The van der Waals surface area contributed by atoms with Gasteiger partial charge in [0.25, 0.3) is 0 Å². The van der Waals surface area contributed by atoms with Crippen LogP contribution in [0.2, 0.25) is 0 Å². The number of rotatable bonds is 1. The molecule has 0 spiro atoms. The monoisotopic (exact) mass is 143 g/mol. The molecule has 58 valence electrons. The summed E-state index contributed by atoms with van der Waals surface area (Å²) < 4.78 is 13.2. The number of fused-ring (bicyclic) bond motifs is 2. The van der Waals surface area contributed by atoms with Crippen LogP contribution in [0.3, 0.4) is 0 Å². The van der Waals surface area contributed by atoms with Crippen LogP contribution in [0.15, 0.2) is 0 Å². The summed E-state index contributed by atoms with van der Waals surface area (Å²) >= 11 is 0. The molecule has 10 heavy (non-hydrogen) atoms. The van der Waals surface area contributed by atoms with E-state index in [1.165, 1.54) is 6.42 Å². The Morgan fingerprint density at radius 1 is 1.60 bits per heavy atom. The Hall–Kier alpha value is -0.110. The SMILES string of the molecule is NCC12CCC(CC1F)C2. The molecule has 3 unspecified atom stereocenters. The van der Waals surface area contributed by atoms with Crippen molar-refractivity contribution >= 4 is 0 Å². The van der Waals surface area contributed by atoms with Gasteiger partial charge in [-0.15, -0.1) is 0 Å². The Bertz CT molecular complexity index is 148. The largest absolute Gasteiger partial charge is 0.330 e. The van der Waals surface area contributed by atoms with Crippen molar-refractivity contribution in [3.8, 4) is 0 Å². The first-order chi connectivity index (χ1) is 4.77. The molecule has 0 aromatic carbocycles. The Labute approximate surface area is 60.8 Å². The van der Waals surface area contributed by atoms with E-state index in [9.17, 15) is 4.39 Å². The van der Waals surface area contributed by atoms with Crippen molar-refractivity contribution in [3.63, 3.8) is 0 Å². The van der Waals surface area contributed by atoms with Crippen LogP contribution >= 0.6 is 0 Å². The number of nitrogens with two attached hydrogens (primary N) is 1. The predicted octanol–water partition coefficient (Wildman–Crippen LogP) is 1.47. The third-order valence-electron chi connectivity index (χ3n) is 3.36. The van der Waals surface area contributed by atoms with Crippen LogP contribution in [0, 0.1) is 11.3 Å². The molecule has 0 amide bonds. The summed E-state index contributed by atoms with van der Waals surface area (Å²) in [7, 11) is 0. The zero-order valence-electron chi connectivity index (χ0n) is 6.15. The van der Waals surface area contributed by atoms with Gasteiger partial charge in [0.2, 0.25) is 0 Å². The minimum atomic E-state index is -0.587. The van der Waals surface area contributed by atoms with Gasteiger partial charge in [-0.25, -0.2) is 4.39 Å². The van der Waals surface area contributed by atoms with E-state index in [4.69, 9.17) is 5.73 Å². The minimum absolute atomic E-state index is 0.0787. The number of alkyl halides is 1. The highest BCUT2D eigenvalue weighted by Crippen LogP contribution is 2.54. The molecule has 2 fully saturated rings. The van der Waals surface area contributed by atoms with Crippen molar-refractivity contribution in [1.29, 1.82) is 0 Å². The lowest BCUT2D eigenvalue weighted by Gasteiger charge is -2.27. The Balaban J connectivity index is 2.19. The quantitative estimate of drug-likeness (QED) is 0.591. The van der Waals surface area contributed by atoms with Crippen LogP contribution in [0.4, 0.5) is 4.39 Å². The molecule has 2 rings (SSSR count). The van der Waals surface area contributed by atoms with Gasteiger partial charge in [0.15, 0.2) is 0 Å². The van der Waals surface area contributed by atoms with E-state index in [0.29, 0.717) is 12.5 Å². The van der Waals surface area contributed by atoms with Crippen molar-refractivity contribution in [2.24, 2.45) is 17.1 Å². The third kappa shape index (κ3) is 0.656. The first-order valence-corrected chi connectivity index (χ1v) is 4.11. The Morgan fingerprint density at radius 2 is 2.40 bits per heavy atom. The van der Waals surface area contributed by atoms with E-state index < -0.39 is 6.17 Å². The molecular formula is C8H14FN. The molecule has 0 aromatic heterocycles. The van der Waals surface area contributed by atoms with Gasteiger partial charge in [-0.2, -0.15) is 0 Å². The van der Waals surface area contributed by atoms with Crippen molar-refractivity contribution < 1.29 is 4.39 Å². The van der Waals surface area contributed by atoms with E-state index in [2.05, 4.69) is 0 Å². The molecule has 2 aliphatic carbocycles. The van der Waals surface area contributed by atoms with Gasteiger partial charge in [0, 0.05) is 12.0 Å². The van der Waals surface area contributed by atoms with Crippen molar-refractivity contribution in [1.82, 2.24) is 0 Å². The summed E-state index contributed by atoms with van der Waals surface area (Å²) in [6.45, 7) is 0.560. The highest BCUT2D eigenvalue weighted by atomic mass is 19.1. The fourth-order valence-corrected chi connectivity index (χ4v) is 2.61. The first-order valence-electron chi connectivity index (χ1n) is 4.11. The van der Waals surface area contributed by atoms with Crippen molar-refractivity contribution in [2.75, 3.05) is 6.54 Å². The third-order valence-corrected chi connectivity index (χ3v) is 3.36. The maximum Gasteiger partial charge on any atom is 0.107 e. The number of halogens is 1. The van der Waals surface area contributed by atoms with E-state index >= 15 is 0 Å². The summed E-state index contributed by atoms with van der Waals surface area (Å²) in [6, 6.07) is 0. The average molecular weight is 143 g/mol. The maximum absolute atomic E-state index is 13.2. The number of hydrogen-bond acceptors (Lipinski definition) is 1. The van der Waals surface area contributed by atoms with Gasteiger partial charge in [-0.3, -0.25) is 0 Å². The predicted molar refractivity (Wildman–Crippen MR) is 38.3 cm³/mol. The standard InChI is InChI=1S/C8H14FN/c9-7-3-6-1-2-8(7,4-6)5-10/h6-7H,1-5,10H2. The molecule has 2 bridgehead atoms. The maximum atomic E-state index is 13.2. The fraction of sp³-hybridized carbons (Fsp3) is 1.00. The lowest BCUT2D eigenvalue weighted by atomic mass is 9.83. The van der Waals surface area contributed by atoms with Crippen LogP contribution in [-0.4, -0.2) is 12.7 Å². The minimum Gasteiger partial charge on any atom is -0.330 e. The smallest absolute Gasteiger partial charge is 0.107 e. The molecule has 2 heteroatoms. The van der Waals surface area contributed by atoms with Crippen molar-refractivity contribution in [2.45, 2.75) is 31.9 Å². The molecule has 0 aromatic rings. The van der Waals surface area contributed by atoms with Crippen LogP contribution in [-0.2, 0) is 0 Å². The molecule has 2 saturated carbocycles. The molecular weight excluding hydrogens is 129 g/mol. The number of hydrogen-bond donors (Lipinski definition) is 1. The van der Waals surface area contributed by atoms with Gasteiger partial charge in [-0.05, 0) is 31.6 Å². The van der Waals surface area contributed by atoms with Crippen LogP contribution < -0.4 is 5.73 Å². The fourth-order valence-electron chi connectivity index (χ4n) is 2.61. The summed E-state index contributed by atoms with van der Waals surface area (Å²) in [4.78, 5) is 0. The lowest BCUT2D eigenvalue weighted by molar-refractivity contribution is 0.133. The molecule has 0 heterocycles. The van der Waals surface area contributed by atoms with E-state index in [-0.39, 0.29) is 5.41 Å². The van der Waals surface area contributed by atoms with Crippen molar-refractivity contribution in [3.05, 3.63) is 0 Å². The summed E-state index contributed by atoms with van der Waals surface area (Å²) in [5.41, 5.74) is 5.48. The van der Waals surface area contributed by atoms with Crippen LogP contribution in [0.25, 0.3) is 0 Å². The van der Waals surface area contributed by atoms with Gasteiger partial charge < -0.3 is 5.73 Å². The molecule has 0 radical (unpaired) electrons. The highest BCUT2D eigenvalue weighted by molar-refractivity contribution is 5.02. The van der Waals surface area contributed by atoms with E-state index in [1.807, 2.05) is 0 Å². The Kier molecular flexibility index (Phi) is 1.28. The zero-order chi connectivity index (χ0) is 7.19. The second-order valence-electron chi connectivity index (χ2n) is 3.88. The molecule has 0 aliphatic heterocycles. The summed E-state index contributed by atoms with van der Waals surface area (Å²) in [5, 5.41) is 0. The molecule has 3 atom stereocenters. The van der Waals surface area contributed by atoms with Gasteiger partial charge in [0.05, 0.1) is 0 Å². The molecule has 0 saturated heterocycles. The molecule has 2 aliphatic rings. The zero-order valence-corrected chi connectivity index (χ0v) is 6.15. The van der Waals surface area contributed by atoms with Gasteiger partial charge >= 0.3 is 0 Å². The van der Waals surface area contributed by atoms with Gasteiger partial charge in [-0.1, -0.05) is 0 Å². The average Bonchev–Trinajstić information content (AvgIpc) is 2.44. The van der Waals surface area contributed by atoms with E-state index in [1.54, 1.807) is 0 Å². The summed E-state index contributed by atoms with van der Waals surface area (Å²) in [6.07, 6.45) is 3.52. The molecule has 2 N–H and O–H groups in total. The first kappa shape index (κ1) is 6.59. The van der Waals surface area contributed by atoms with Crippen LogP contribution in [0.5, 0.6) is 0 Å². The van der Waals surface area contributed by atoms with Gasteiger partial charge in [0.1, 0.15) is 6.17 Å². The second kappa shape index (κ2) is 1.94. The molecule has 1 nitrogen and oxygen atoms in total. The second-order valence-corrected chi connectivity index (χ2v) is 3.88. The normalized spacial score (nSPS) is 52.2. The lowest BCUT2D eigenvalue weighted by Crippen LogP contribution is -2.34. The van der Waals surface area contributed by atoms with E-state index in [0.717, 1.165) is 19.3 Å². The van der Waals surface area contributed by atoms with Crippen LogP contribution in [0.1, 0.15) is 25.7 Å². The summed E-state index contributed by atoms with van der Waals surface area (Å²) in [5.74, 6) is 0.665. The topological polar surface area (TPSA) is 26.0 Å².